The molecule has 10 heteroatoms. The number of hydrogen-bond donors (Lipinski definition) is 0. The summed E-state index contributed by atoms with van der Waals surface area (Å²) in [6.45, 7) is 14.5. The van der Waals surface area contributed by atoms with E-state index < -0.39 is 18.1 Å². The van der Waals surface area contributed by atoms with Crippen molar-refractivity contribution in [3.63, 3.8) is 0 Å². The Labute approximate surface area is 197 Å². The highest BCUT2D eigenvalue weighted by molar-refractivity contribution is 7.92. The van der Waals surface area contributed by atoms with Gasteiger partial charge < -0.3 is 9.26 Å². The molecule has 0 bridgehead atoms. The number of methoxy groups -OCH3 is 1. The van der Waals surface area contributed by atoms with Gasteiger partial charge in [-0.25, -0.2) is 17.7 Å². The molecule has 0 atom stereocenters. The minimum atomic E-state index is -4.14. The summed E-state index contributed by atoms with van der Waals surface area (Å²) in [5.41, 5.74) is 5.32. The Morgan fingerprint density at radius 3 is 2.25 bits per heavy atom. The maximum Gasteiger partial charge on any atom is 0.271 e. The van der Waals surface area contributed by atoms with E-state index in [2.05, 4.69) is 63.1 Å². The normalized spacial score (nSPS) is 12.4. The lowest BCUT2D eigenvalue weighted by Crippen LogP contribution is -2.43. The minimum absolute atomic E-state index is 0.0335. The van der Waals surface area contributed by atoms with Crippen LogP contribution >= 0.6 is 11.6 Å². The van der Waals surface area contributed by atoms with E-state index in [1.54, 1.807) is 19.2 Å². The molecule has 2 aromatic rings. The predicted octanol–water partition coefficient (Wildman–Crippen LogP) is 5.40. The number of hydrogen-bond acceptors (Lipinski definition) is 6. The van der Waals surface area contributed by atoms with Crippen molar-refractivity contribution >= 4 is 35.6 Å². The lowest BCUT2D eigenvalue weighted by atomic mass is 10.4. The SMILES string of the molecule is COCN(c1onc(C)c1Cl)S(=O)(=O)c1cccnc1C#C[Si](C(C)C)(C(C)C)C(C)C. The van der Waals surface area contributed by atoms with Crippen LogP contribution in [0.25, 0.3) is 0 Å². The summed E-state index contributed by atoms with van der Waals surface area (Å²) in [5, 5.41) is 3.87. The first-order chi connectivity index (χ1) is 14.9. The molecular formula is C22H32ClN3O4SSi. The topological polar surface area (TPSA) is 85.5 Å². The Balaban J connectivity index is 2.68. The third kappa shape index (κ3) is 4.88. The molecule has 0 amide bonds. The molecule has 0 unspecified atom stereocenters. The lowest BCUT2D eigenvalue weighted by molar-refractivity contribution is 0.205. The number of sulfonamides is 1. The first-order valence-corrected chi connectivity index (χ1v) is 14.6. The molecule has 32 heavy (non-hydrogen) atoms. The van der Waals surface area contributed by atoms with Crippen molar-refractivity contribution in [3.05, 3.63) is 34.7 Å². The van der Waals surface area contributed by atoms with Gasteiger partial charge in [-0.05, 0) is 35.7 Å². The van der Waals surface area contributed by atoms with Crippen molar-refractivity contribution in [1.82, 2.24) is 10.1 Å². The van der Waals surface area contributed by atoms with Gasteiger partial charge in [-0.3, -0.25) is 0 Å². The van der Waals surface area contributed by atoms with Gasteiger partial charge >= 0.3 is 0 Å². The monoisotopic (exact) mass is 497 g/mol. The molecule has 176 valence electrons. The molecule has 0 saturated heterocycles. The van der Waals surface area contributed by atoms with Gasteiger partial charge in [0.15, 0.2) is 0 Å². The zero-order valence-corrected chi connectivity index (χ0v) is 22.5. The van der Waals surface area contributed by atoms with Crippen LogP contribution in [0.15, 0.2) is 27.7 Å². The summed E-state index contributed by atoms with van der Waals surface area (Å²) >= 11 is 6.24. The fourth-order valence-corrected chi connectivity index (χ4v) is 11.1. The summed E-state index contributed by atoms with van der Waals surface area (Å²) in [6, 6.07) is 3.05. The van der Waals surface area contributed by atoms with Crippen LogP contribution in [0.5, 0.6) is 0 Å². The second kappa shape index (κ2) is 10.4. The Morgan fingerprint density at radius 1 is 1.19 bits per heavy atom. The van der Waals surface area contributed by atoms with Crippen molar-refractivity contribution in [1.29, 1.82) is 0 Å². The van der Waals surface area contributed by atoms with E-state index in [-0.39, 0.29) is 28.2 Å². The molecule has 2 rings (SSSR count). The number of aryl methyl sites for hydroxylation is 1. The van der Waals surface area contributed by atoms with E-state index in [0.29, 0.717) is 22.3 Å². The Hall–Kier alpha value is -1.86. The van der Waals surface area contributed by atoms with Crippen molar-refractivity contribution in [2.45, 2.75) is 70.0 Å². The van der Waals surface area contributed by atoms with E-state index in [0.717, 1.165) is 4.31 Å². The van der Waals surface area contributed by atoms with Gasteiger partial charge in [0, 0.05) is 13.3 Å². The summed E-state index contributed by atoms with van der Waals surface area (Å²) in [4.78, 5) is 4.28. The zero-order chi connectivity index (χ0) is 24.3. The van der Waals surface area contributed by atoms with Gasteiger partial charge in [0.05, 0.1) is 0 Å². The number of ether oxygens (including phenoxy) is 1. The lowest BCUT2D eigenvalue weighted by Gasteiger charge is -2.38. The molecular weight excluding hydrogens is 466 g/mol. The quantitative estimate of drug-likeness (QED) is 0.275. The summed E-state index contributed by atoms with van der Waals surface area (Å²) in [6.07, 6.45) is 1.54. The highest BCUT2D eigenvalue weighted by Gasteiger charge is 2.42. The third-order valence-corrected chi connectivity index (χ3v) is 14.3. The van der Waals surface area contributed by atoms with Crippen LogP contribution in [0.1, 0.15) is 52.9 Å². The molecule has 0 radical (unpaired) electrons. The number of pyridine rings is 1. The minimum Gasteiger partial charge on any atom is -0.363 e. The van der Waals surface area contributed by atoms with Crippen LogP contribution in [0.4, 0.5) is 5.88 Å². The zero-order valence-electron chi connectivity index (χ0n) is 19.9. The average molecular weight is 498 g/mol. The van der Waals surface area contributed by atoms with Crippen molar-refractivity contribution in [2.75, 3.05) is 18.1 Å². The molecule has 0 aliphatic heterocycles. The molecule has 0 aliphatic carbocycles. The standard InChI is InChI=1S/C22H32ClN3O4SSi/c1-15(2)32(16(3)4,17(5)6)13-11-19-20(10-9-12-24-19)31(27,28)26(14-29-8)22-21(23)18(7)25-30-22/h9-10,12,15-17H,14H2,1-8H3. The van der Waals surface area contributed by atoms with Crippen LogP contribution < -0.4 is 4.31 Å². The Morgan fingerprint density at radius 2 is 1.78 bits per heavy atom. The number of anilines is 1. The number of nitrogens with zero attached hydrogens (tertiary/aromatic N) is 3. The molecule has 0 aliphatic rings. The second-order valence-electron chi connectivity index (χ2n) is 8.66. The molecule has 0 saturated carbocycles. The van der Waals surface area contributed by atoms with Gasteiger partial charge in [-0.2, -0.15) is 0 Å². The highest BCUT2D eigenvalue weighted by Crippen LogP contribution is 2.41. The molecule has 0 fully saturated rings. The van der Waals surface area contributed by atoms with Crippen molar-refractivity contribution in [3.8, 4) is 11.5 Å². The Bertz CT molecular complexity index is 1080. The largest absolute Gasteiger partial charge is 0.363 e. The van der Waals surface area contributed by atoms with Crippen LogP contribution in [0, 0.1) is 18.4 Å². The average Bonchev–Trinajstić information content (AvgIpc) is 3.04. The maximum absolute atomic E-state index is 13.6. The fraction of sp³-hybridized carbons (Fsp3) is 0.545. The smallest absolute Gasteiger partial charge is 0.271 e. The second-order valence-corrected chi connectivity index (χ2v) is 16.4. The summed E-state index contributed by atoms with van der Waals surface area (Å²) < 4.78 is 38.5. The van der Waals surface area contributed by atoms with Gasteiger partial charge in [-0.1, -0.05) is 64.2 Å². The van der Waals surface area contributed by atoms with Crippen LogP contribution in [0.3, 0.4) is 0 Å². The maximum atomic E-state index is 13.6. The molecule has 2 heterocycles. The van der Waals surface area contributed by atoms with Crippen molar-refractivity contribution < 1.29 is 17.7 Å². The van der Waals surface area contributed by atoms with Gasteiger partial charge in [-0.15, -0.1) is 5.54 Å². The van der Waals surface area contributed by atoms with Crippen LogP contribution in [0.2, 0.25) is 21.6 Å². The first-order valence-electron chi connectivity index (χ1n) is 10.5. The molecule has 2 aromatic heterocycles. The third-order valence-electron chi connectivity index (χ3n) is 5.85. The number of rotatable bonds is 8. The van der Waals surface area contributed by atoms with Gasteiger partial charge in [0.2, 0.25) is 0 Å². The van der Waals surface area contributed by atoms with E-state index in [1.165, 1.54) is 13.2 Å². The number of halogens is 1. The molecule has 0 N–H and O–H groups in total. The van der Waals surface area contributed by atoms with E-state index in [9.17, 15) is 8.42 Å². The summed E-state index contributed by atoms with van der Waals surface area (Å²) in [7, 11) is -4.85. The van der Waals surface area contributed by atoms with Gasteiger partial charge in [0.25, 0.3) is 15.9 Å². The first kappa shape index (κ1) is 26.4. The fourth-order valence-electron chi connectivity index (χ4n) is 4.27. The van der Waals surface area contributed by atoms with E-state index >= 15 is 0 Å². The molecule has 0 aromatic carbocycles. The highest BCUT2D eigenvalue weighted by atomic mass is 35.5. The predicted molar refractivity (Wildman–Crippen MR) is 130 cm³/mol. The van der Waals surface area contributed by atoms with Crippen molar-refractivity contribution in [2.24, 2.45) is 0 Å². The van der Waals surface area contributed by atoms with Gasteiger partial charge in [0.1, 0.15) is 36.1 Å². The summed E-state index contributed by atoms with van der Waals surface area (Å²) in [5.74, 6) is 3.04. The number of aromatic nitrogens is 2. The van der Waals surface area contributed by atoms with Crippen LogP contribution in [-0.2, 0) is 14.8 Å². The van der Waals surface area contributed by atoms with E-state index in [1.807, 2.05) is 0 Å². The van der Waals surface area contributed by atoms with E-state index in [4.69, 9.17) is 20.9 Å². The molecule has 0 spiro atoms. The molecule has 7 nitrogen and oxygen atoms in total. The van der Waals surface area contributed by atoms with Crippen LogP contribution in [-0.4, -0.2) is 40.5 Å². The Kier molecular flexibility index (Phi) is 8.56.